The number of nitrogens with one attached hydrogen (secondary N) is 1. The first-order valence-electron chi connectivity index (χ1n) is 6.66. The molecular formula is C13H16BrN5O. The molecule has 3 rings (SSSR count). The van der Waals surface area contributed by atoms with E-state index in [1.807, 2.05) is 19.3 Å². The third-order valence-electron chi connectivity index (χ3n) is 3.62. The van der Waals surface area contributed by atoms with Gasteiger partial charge in [-0.2, -0.15) is 10.2 Å². The van der Waals surface area contributed by atoms with Gasteiger partial charge in [-0.25, -0.2) is 4.68 Å². The molecule has 1 saturated carbocycles. The maximum Gasteiger partial charge on any atom is 0.291 e. The number of nitrogens with zero attached hydrogens (tertiary/aromatic N) is 4. The molecule has 0 saturated heterocycles. The summed E-state index contributed by atoms with van der Waals surface area (Å²) in [6.07, 6.45) is 7.12. The van der Waals surface area contributed by atoms with Crippen LogP contribution in [0.15, 0.2) is 27.7 Å². The van der Waals surface area contributed by atoms with E-state index in [2.05, 4.69) is 31.4 Å². The standard InChI is InChI=1S/C13H16BrN5O/c1-18-6-5-11(17-18)16-12-10(14)7-15-19(13(12)20)8-9-3-2-4-9/h5-7,9H,2-4,8H2,1H3,(H,16,17). The van der Waals surface area contributed by atoms with E-state index < -0.39 is 0 Å². The summed E-state index contributed by atoms with van der Waals surface area (Å²) in [7, 11) is 1.83. The first-order valence-corrected chi connectivity index (χ1v) is 7.45. The van der Waals surface area contributed by atoms with Gasteiger partial charge in [-0.3, -0.25) is 9.48 Å². The van der Waals surface area contributed by atoms with Gasteiger partial charge in [0.1, 0.15) is 5.69 Å². The SMILES string of the molecule is Cn1ccc(Nc2c(Br)cnn(CC3CCC3)c2=O)n1. The van der Waals surface area contributed by atoms with Crippen LogP contribution in [0.5, 0.6) is 0 Å². The fourth-order valence-electron chi connectivity index (χ4n) is 2.24. The van der Waals surface area contributed by atoms with Crippen LogP contribution in [-0.2, 0) is 13.6 Å². The molecular weight excluding hydrogens is 322 g/mol. The molecule has 0 atom stereocenters. The second-order valence-corrected chi connectivity index (χ2v) is 6.01. The molecule has 0 radical (unpaired) electrons. The molecule has 20 heavy (non-hydrogen) atoms. The van der Waals surface area contributed by atoms with Crippen molar-refractivity contribution in [1.29, 1.82) is 0 Å². The van der Waals surface area contributed by atoms with E-state index >= 15 is 0 Å². The summed E-state index contributed by atoms with van der Waals surface area (Å²) >= 11 is 3.37. The van der Waals surface area contributed by atoms with Gasteiger partial charge in [0.15, 0.2) is 5.82 Å². The smallest absolute Gasteiger partial charge is 0.291 e. The summed E-state index contributed by atoms with van der Waals surface area (Å²) in [6.45, 7) is 0.697. The van der Waals surface area contributed by atoms with Gasteiger partial charge in [-0.05, 0) is 34.7 Å². The monoisotopic (exact) mass is 337 g/mol. The molecule has 2 aromatic rings. The summed E-state index contributed by atoms with van der Waals surface area (Å²) in [4.78, 5) is 12.4. The van der Waals surface area contributed by atoms with E-state index in [4.69, 9.17) is 0 Å². The highest BCUT2D eigenvalue weighted by molar-refractivity contribution is 9.10. The maximum absolute atomic E-state index is 12.4. The van der Waals surface area contributed by atoms with Crippen LogP contribution in [0.4, 0.5) is 11.5 Å². The van der Waals surface area contributed by atoms with E-state index in [-0.39, 0.29) is 5.56 Å². The van der Waals surface area contributed by atoms with Gasteiger partial charge in [-0.1, -0.05) is 6.42 Å². The van der Waals surface area contributed by atoms with Crippen LogP contribution in [-0.4, -0.2) is 19.6 Å². The third-order valence-corrected chi connectivity index (χ3v) is 4.22. The average Bonchev–Trinajstić information content (AvgIpc) is 2.77. The zero-order valence-electron chi connectivity index (χ0n) is 11.2. The van der Waals surface area contributed by atoms with Crippen molar-refractivity contribution in [2.45, 2.75) is 25.8 Å². The number of aromatic nitrogens is 4. The van der Waals surface area contributed by atoms with Gasteiger partial charge in [0, 0.05) is 25.9 Å². The van der Waals surface area contributed by atoms with Crippen LogP contribution < -0.4 is 10.9 Å². The second kappa shape index (κ2) is 5.40. The van der Waals surface area contributed by atoms with Gasteiger partial charge in [0.2, 0.25) is 0 Å². The highest BCUT2D eigenvalue weighted by Gasteiger charge is 2.20. The van der Waals surface area contributed by atoms with Crippen LogP contribution in [0.25, 0.3) is 0 Å². The van der Waals surface area contributed by atoms with Crippen LogP contribution in [0, 0.1) is 5.92 Å². The van der Waals surface area contributed by atoms with Crippen molar-refractivity contribution in [3.63, 3.8) is 0 Å². The minimum Gasteiger partial charge on any atom is -0.333 e. The number of anilines is 2. The minimum atomic E-state index is -0.114. The molecule has 1 aliphatic carbocycles. The van der Waals surface area contributed by atoms with Gasteiger partial charge in [0.05, 0.1) is 10.7 Å². The van der Waals surface area contributed by atoms with E-state index in [0.29, 0.717) is 28.4 Å². The minimum absolute atomic E-state index is 0.114. The highest BCUT2D eigenvalue weighted by Crippen LogP contribution is 2.27. The lowest BCUT2D eigenvalue weighted by atomic mass is 9.85. The van der Waals surface area contributed by atoms with E-state index in [9.17, 15) is 4.79 Å². The quantitative estimate of drug-likeness (QED) is 0.929. The van der Waals surface area contributed by atoms with Crippen molar-refractivity contribution < 1.29 is 0 Å². The Morgan fingerprint density at radius 1 is 1.50 bits per heavy atom. The predicted octanol–water partition coefficient (Wildman–Crippen LogP) is 2.28. The molecule has 7 heteroatoms. The molecule has 106 valence electrons. The van der Waals surface area contributed by atoms with Crippen molar-refractivity contribution in [2.75, 3.05) is 5.32 Å². The Labute approximate surface area is 124 Å². The van der Waals surface area contributed by atoms with Crippen molar-refractivity contribution in [3.05, 3.63) is 33.3 Å². The zero-order valence-corrected chi connectivity index (χ0v) is 12.8. The third kappa shape index (κ3) is 2.63. The van der Waals surface area contributed by atoms with Crippen LogP contribution in [0.2, 0.25) is 0 Å². The van der Waals surface area contributed by atoms with Gasteiger partial charge < -0.3 is 5.32 Å². The molecule has 0 amide bonds. The van der Waals surface area contributed by atoms with E-state index in [1.165, 1.54) is 19.3 Å². The highest BCUT2D eigenvalue weighted by atomic mass is 79.9. The fraction of sp³-hybridized carbons (Fsp3) is 0.462. The van der Waals surface area contributed by atoms with Gasteiger partial charge >= 0.3 is 0 Å². The van der Waals surface area contributed by atoms with Crippen molar-refractivity contribution in [1.82, 2.24) is 19.6 Å². The van der Waals surface area contributed by atoms with Gasteiger partial charge in [-0.15, -0.1) is 0 Å². The molecule has 1 fully saturated rings. The molecule has 2 aromatic heterocycles. The number of rotatable bonds is 4. The molecule has 0 aliphatic heterocycles. The Morgan fingerprint density at radius 2 is 2.30 bits per heavy atom. The summed E-state index contributed by atoms with van der Waals surface area (Å²) < 4.78 is 3.88. The summed E-state index contributed by atoms with van der Waals surface area (Å²) in [5, 5.41) is 11.5. The maximum atomic E-state index is 12.4. The van der Waals surface area contributed by atoms with Crippen LogP contribution >= 0.6 is 15.9 Å². The molecule has 0 unspecified atom stereocenters. The van der Waals surface area contributed by atoms with Crippen molar-refractivity contribution in [2.24, 2.45) is 13.0 Å². The largest absolute Gasteiger partial charge is 0.333 e. The summed E-state index contributed by atoms with van der Waals surface area (Å²) in [5.41, 5.74) is 0.370. The molecule has 6 nitrogen and oxygen atoms in total. The molecule has 1 aliphatic rings. The summed E-state index contributed by atoms with van der Waals surface area (Å²) in [5.74, 6) is 1.23. The number of halogens is 1. The zero-order chi connectivity index (χ0) is 14.1. The first kappa shape index (κ1) is 13.4. The number of hydrogen-bond donors (Lipinski definition) is 1. The lowest BCUT2D eigenvalue weighted by Gasteiger charge is -2.25. The van der Waals surface area contributed by atoms with Crippen LogP contribution in [0.1, 0.15) is 19.3 Å². The van der Waals surface area contributed by atoms with Crippen LogP contribution in [0.3, 0.4) is 0 Å². The Morgan fingerprint density at radius 3 is 2.90 bits per heavy atom. The molecule has 2 heterocycles. The molecule has 0 aromatic carbocycles. The lowest BCUT2D eigenvalue weighted by Crippen LogP contribution is -2.30. The fourth-order valence-corrected chi connectivity index (χ4v) is 2.60. The van der Waals surface area contributed by atoms with E-state index in [1.54, 1.807) is 15.6 Å². The molecule has 0 spiro atoms. The lowest BCUT2D eigenvalue weighted by molar-refractivity contribution is 0.262. The molecule has 0 bridgehead atoms. The Hall–Kier alpha value is -1.63. The number of hydrogen-bond acceptors (Lipinski definition) is 4. The number of aryl methyl sites for hydroxylation is 1. The Kier molecular flexibility index (Phi) is 3.60. The second-order valence-electron chi connectivity index (χ2n) is 5.15. The normalized spacial score (nSPS) is 15.1. The first-order chi connectivity index (χ1) is 9.63. The predicted molar refractivity (Wildman–Crippen MR) is 80.0 cm³/mol. The topological polar surface area (TPSA) is 64.7 Å². The average molecular weight is 338 g/mol. The molecule has 1 N–H and O–H groups in total. The van der Waals surface area contributed by atoms with Crippen molar-refractivity contribution >= 4 is 27.4 Å². The van der Waals surface area contributed by atoms with Crippen molar-refractivity contribution in [3.8, 4) is 0 Å². The summed E-state index contributed by atoms with van der Waals surface area (Å²) in [6, 6.07) is 1.82. The Bertz CT molecular complexity index is 674. The van der Waals surface area contributed by atoms with Gasteiger partial charge in [0.25, 0.3) is 5.56 Å². The van der Waals surface area contributed by atoms with E-state index in [0.717, 1.165) is 0 Å². The Balaban J connectivity index is 1.88.